The summed E-state index contributed by atoms with van der Waals surface area (Å²) in [7, 11) is 2.80. The van der Waals surface area contributed by atoms with Crippen molar-refractivity contribution in [2.75, 3.05) is 20.8 Å². The summed E-state index contributed by atoms with van der Waals surface area (Å²) in [5.41, 5.74) is 0. The van der Waals surface area contributed by atoms with Gasteiger partial charge in [0.2, 0.25) is 0 Å². The predicted molar refractivity (Wildman–Crippen MR) is 29.6 cm³/mol. The smallest absolute Gasteiger partial charge is 0.344 e. The first-order valence-electron chi connectivity index (χ1n) is 2.53. The van der Waals surface area contributed by atoms with Crippen LogP contribution in [0.1, 0.15) is 6.42 Å². The van der Waals surface area contributed by atoms with E-state index >= 15 is 0 Å². The van der Waals surface area contributed by atoms with Crippen molar-refractivity contribution in [1.82, 2.24) is 0 Å². The lowest BCUT2D eigenvalue weighted by molar-refractivity contribution is -0.255. The highest BCUT2D eigenvalue weighted by Gasteiger charge is 2.00. The van der Waals surface area contributed by atoms with Gasteiger partial charge >= 0.3 is 5.97 Å². The molecule has 0 unspecified atom stereocenters. The first-order chi connectivity index (χ1) is 4.31. The highest BCUT2D eigenvalue weighted by molar-refractivity contribution is 5.68. The monoisotopic (exact) mass is 134 g/mol. The lowest BCUT2D eigenvalue weighted by atomic mass is 10.5. The molecule has 0 rings (SSSR count). The summed E-state index contributed by atoms with van der Waals surface area (Å²) in [6.45, 7) is 0.363. The Balaban J connectivity index is 3.06. The third kappa shape index (κ3) is 5.26. The summed E-state index contributed by atoms with van der Waals surface area (Å²) in [6.07, 6.45) is 0.227. The molecule has 0 saturated heterocycles. The second-order valence-corrected chi connectivity index (χ2v) is 1.36. The predicted octanol–water partition coefficient (Wildman–Crippen LogP) is 0.127. The molecule has 0 aliphatic heterocycles. The van der Waals surface area contributed by atoms with Gasteiger partial charge in [-0.1, -0.05) is 0 Å². The molecule has 0 aromatic carbocycles. The second-order valence-electron chi connectivity index (χ2n) is 1.36. The van der Waals surface area contributed by atoms with Crippen LogP contribution < -0.4 is 0 Å². The van der Waals surface area contributed by atoms with E-state index in [1.165, 1.54) is 14.2 Å². The molecule has 0 N–H and O–H groups in total. The molecule has 0 heterocycles. The third-order valence-electron chi connectivity index (χ3n) is 0.687. The van der Waals surface area contributed by atoms with Gasteiger partial charge in [0.15, 0.2) is 0 Å². The van der Waals surface area contributed by atoms with Gasteiger partial charge in [0.05, 0.1) is 20.1 Å². The normalized spacial score (nSPS) is 9.11. The number of carbonyl (C=O) groups excluding carboxylic acids is 1. The Labute approximate surface area is 53.6 Å². The summed E-state index contributed by atoms with van der Waals surface area (Å²) in [5, 5.41) is 0. The van der Waals surface area contributed by atoms with Gasteiger partial charge in [-0.05, 0) is 0 Å². The molecule has 0 aliphatic rings. The fraction of sp³-hybridized carbons (Fsp3) is 0.800. The first-order valence-corrected chi connectivity index (χ1v) is 2.53. The van der Waals surface area contributed by atoms with Crippen molar-refractivity contribution in [3.8, 4) is 0 Å². The molecule has 0 atom stereocenters. The Morgan fingerprint density at radius 1 is 1.44 bits per heavy atom. The molecule has 0 amide bonds. The summed E-state index contributed by atoms with van der Waals surface area (Å²) in [5.74, 6) is -0.417. The Morgan fingerprint density at radius 3 is 2.56 bits per heavy atom. The molecule has 4 nitrogen and oxygen atoms in total. The van der Waals surface area contributed by atoms with Gasteiger partial charge in [-0.25, -0.2) is 4.79 Å². The fourth-order valence-corrected chi connectivity index (χ4v) is 0.320. The lowest BCUT2D eigenvalue weighted by Gasteiger charge is -1.96. The van der Waals surface area contributed by atoms with Crippen molar-refractivity contribution < 1.29 is 19.3 Å². The molecule has 0 aromatic heterocycles. The van der Waals surface area contributed by atoms with Crippen LogP contribution in [0.3, 0.4) is 0 Å². The minimum Gasteiger partial charge on any atom is -0.384 e. The van der Waals surface area contributed by atoms with E-state index < -0.39 is 5.97 Å². The van der Waals surface area contributed by atoms with Gasteiger partial charge in [-0.2, -0.15) is 4.89 Å². The Bertz CT molecular complexity index is 81.0. The molecule has 0 radical (unpaired) electrons. The zero-order chi connectivity index (χ0) is 7.11. The summed E-state index contributed by atoms with van der Waals surface area (Å²) < 4.78 is 4.60. The average molecular weight is 134 g/mol. The minimum absolute atomic E-state index is 0.227. The number of carbonyl (C=O) groups is 1. The summed E-state index contributed by atoms with van der Waals surface area (Å²) in [4.78, 5) is 18.6. The zero-order valence-electron chi connectivity index (χ0n) is 5.55. The first kappa shape index (κ1) is 8.39. The van der Waals surface area contributed by atoms with Crippen LogP contribution in [-0.4, -0.2) is 26.8 Å². The van der Waals surface area contributed by atoms with Crippen molar-refractivity contribution >= 4 is 5.97 Å². The van der Waals surface area contributed by atoms with Crippen LogP contribution in [0.5, 0.6) is 0 Å². The van der Waals surface area contributed by atoms with E-state index in [1.54, 1.807) is 0 Å². The molecule has 0 aromatic rings. The Hall–Kier alpha value is -0.610. The maximum Gasteiger partial charge on any atom is 0.344 e. The number of hydrogen-bond donors (Lipinski definition) is 0. The molecule has 54 valence electrons. The van der Waals surface area contributed by atoms with E-state index in [1.807, 2.05) is 0 Å². The highest BCUT2D eigenvalue weighted by atomic mass is 17.2. The maximum absolute atomic E-state index is 10.4. The molecule has 0 saturated carbocycles. The van der Waals surface area contributed by atoms with E-state index in [0.717, 1.165) is 0 Å². The highest BCUT2D eigenvalue weighted by Crippen LogP contribution is 1.85. The minimum atomic E-state index is -0.417. The van der Waals surface area contributed by atoms with Crippen LogP contribution in [-0.2, 0) is 19.3 Å². The average Bonchev–Trinajstić information content (AvgIpc) is 1.85. The number of methoxy groups -OCH3 is 1. The fourth-order valence-electron chi connectivity index (χ4n) is 0.320. The van der Waals surface area contributed by atoms with Gasteiger partial charge in [0, 0.05) is 7.11 Å². The second kappa shape index (κ2) is 5.53. The molecule has 9 heavy (non-hydrogen) atoms. The standard InChI is InChI=1S/C5H10O4/c1-7-4-3-5(6)9-8-2/h3-4H2,1-2H3. The van der Waals surface area contributed by atoms with E-state index in [4.69, 9.17) is 0 Å². The van der Waals surface area contributed by atoms with Crippen LogP contribution >= 0.6 is 0 Å². The van der Waals surface area contributed by atoms with Crippen molar-refractivity contribution in [3.05, 3.63) is 0 Å². The number of rotatable bonds is 4. The lowest BCUT2D eigenvalue weighted by Crippen LogP contribution is -2.06. The molecular weight excluding hydrogens is 124 g/mol. The van der Waals surface area contributed by atoms with Crippen molar-refractivity contribution in [2.45, 2.75) is 6.42 Å². The van der Waals surface area contributed by atoms with Crippen LogP contribution in [0.15, 0.2) is 0 Å². The van der Waals surface area contributed by atoms with E-state index in [-0.39, 0.29) is 6.42 Å². The van der Waals surface area contributed by atoms with Gasteiger partial charge < -0.3 is 4.74 Å². The molecule has 0 spiro atoms. The maximum atomic E-state index is 10.4. The Kier molecular flexibility index (Phi) is 5.15. The quantitative estimate of drug-likeness (QED) is 0.405. The summed E-state index contributed by atoms with van der Waals surface area (Å²) >= 11 is 0. The van der Waals surface area contributed by atoms with Gasteiger partial charge in [0.25, 0.3) is 0 Å². The number of ether oxygens (including phenoxy) is 1. The summed E-state index contributed by atoms with van der Waals surface area (Å²) in [6, 6.07) is 0. The van der Waals surface area contributed by atoms with Crippen LogP contribution in [0.4, 0.5) is 0 Å². The molecular formula is C5H10O4. The van der Waals surface area contributed by atoms with Crippen LogP contribution in [0.2, 0.25) is 0 Å². The van der Waals surface area contributed by atoms with E-state index in [2.05, 4.69) is 14.5 Å². The van der Waals surface area contributed by atoms with E-state index in [0.29, 0.717) is 6.61 Å². The molecule has 4 heteroatoms. The van der Waals surface area contributed by atoms with Gasteiger partial charge in [-0.15, -0.1) is 0 Å². The Morgan fingerprint density at radius 2 is 2.11 bits per heavy atom. The SMILES string of the molecule is COCCC(=O)OOC. The van der Waals surface area contributed by atoms with E-state index in [9.17, 15) is 4.79 Å². The van der Waals surface area contributed by atoms with Crippen molar-refractivity contribution in [2.24, 2.45) is 0 Å². The largest absolute Gasteiger partial charge is 0.384 e. The molecule has 0 fully saturated rings. The molecule has 0 aliphatic carbocycles. The van der Waals surface area contributed by atoms with Crippen molar-refractivity contribution in [3.63, 3.8) is 0 Å². The topological polar surface area (TPSA) is 44.8 Å². The number of hydrogen-bond acceptors (Lipinski definition) is 4. The molecule has 0 bridgehead atoms. The van der Waals surface area contributed by atoms with Crippen LogP contribution in [0.25, 0.3) is 0 Å². The van der Waals surface area contributed by atoms with Gasteiger partial charge in [-0.3, -0.25) is 4.89 Å². The zero-order valence-corrected chi connectivity index (χ0v) is 5.55. The van der Waals surface area contributed by atoms with Crippen LogP contribution in [0, 0.1) is 0 Å². The third-order valence-corrected chi connectivity index (χ3v) is 0.687. The van der Waals surface area contributed by atoms with Crippen molar-refractivity contribution in [1.29, 1.82) is 0 Å². The van der Waals surface area contributed by atoms with Gasteiger partial charge in [0.1, 0.15) is 0 Å².